The number of anilines is 1. The molecule has 0 spiro atoms. The fraction of sp³-hybridized carbons (Fsp3) is 0.125. The molecule has 0 aliphatic carbocycles. The van der Waals surface area contributed by atoms with Gasteiger partial charge in [0.25, 0.3) is 5.91 Å². The van der Waals surface area contributed by atoms with Gasteiger partial charge >= 0.3 is 0 Å². The Labute approximate surface area is 219 Å². The first-order chi connectivity index (χ1) is 17.0. The van der Waals surface area contributed by atoms with Crippen molar-refractivity contribution in [2.24, 2.45) is 5.73 Å². The summed E-state index contributed by atoms with van der Waals surface area (Å²) in [4.78, 5) is 28.8. The zero-order valence-corrected chi connectivity index (χ0v) is 22.1. The van der Waals surface area contributed by atoms with Crippen LogP contribution in [0.5, 0.6) is 0 Å². The third kappa shape index (κ3) is 5.04. The summed E-state index contributed by atoms with van der Waals surface area (Å²) in [6.07, 6.45) is 1.04. The average molecular weight is 622 g/mol. The van der Waals surface area contributed by atoms with E-state index in [2.05, 4.69) is 10.3 Å². The molecule has 0 aliphatic rings. The fourth-order valence-corrected chi connectivity index (χ4v) is 5.38. The lowest BCUT2D eigenvalue weighted by Gasteiger charge is -2.22. The smallest absolute Gasteiger partial charge is 0.255 e. The lowest BCUT2D eigenvalue weighted by molar-refractivity contribution is 0.0963. The van der Waals surface area contributed by atoms with E-state index in [0.29, 0.717) is 20.1 Å². The third-order valence-corrected chi connectivity index (χ3v) is 7.25. The molecule has 12 heteroatoms. The molecule has 0 atom stereocenters. The maximum absolute atomic E-state index is 13.5. The molecule has 0 aliphatic heterocycles. The molecule has 4 rings (SSSR count). The van der Waals surface area contributed by atoms with E-state index in [0.717, 1.165) is 10.6 Å². The van der Waals surface area contributed by atoms with Gasteiger partial charge in [-0.15, -0.1) is 0 Å². The highest BCUT2D eigenvalue weighted by Crippen LogP contribution is 2.36. The number of aromatic nitrogens is 1. The normalized spacial score (nSPS) is 11.4. The summed E-state index contributed by atoms with van der Waals surface area (Å²) in [5.41, 5.74) is 6.79. The predicted molar refractivity (Wildman–Crippen MR) is 141 cm³/mol. The van der Waals surface area contributed by atoms with Crippen molar-refractivity contribution in [3.63, 3.8) is 0 Å². The van der Waals surface area contributed by atoms with E-state index in [1.54, 1.807) is 18.2 Å². The number of halogens is 2. The number of carbonyl (C=O) groups excluding carboxylic acids is 2. The zero-order chi connectivity index (χ0) is 26.2. The number of rotatable bonds is 7. The van der Waals surface area contributed by atoms with Crippen LogP contribution in [0.3, 0.4) is 0 Å². The minimum Gasteiger partial charge on any atom is -0.437 e. The Bertz CT molecular complexity index is 1600. The average Bonchev–Trinajstić information content (AvgIpc) is 3.19. The van der Waals surface area contributed by atoms with Crippen LogP contribution in [0.2, 0.25) is 0 Å². The number of fused-ring (bicyclic) bond motifs is 1. The number of benzene rings is 2. The molecule has 3 N–H and O–H groups in total. The second-order valence-electron chi connectivity index (χ2n) is 7.87. The largest absolute Gasteiger partial charge is 0.437 e. The monoisotopic (exact) mass is 622 g/mol. The molecule has 0 bridgehead atoms. The van der Waals surface area contributed by atoms with Crippen LogP contribution in [0.1, 0.15) is 26.3 Å². The number of primary amides is 1. The Morgan fingerprint density at radius 1 is 1.17 bits per heavy atom. The highest BCUT2D eigenvalue weighted by molar-refractivity contribution is 14.1. The van der Waals surface area contributed by atoms with Crippen molar-refractivity contribution in [2.45, 2.75) is 6.54 Å². The third-order valence-electron chi connectivity index (χ3n) is 5.35. The minimum atomic E-state index is -3.83. The topological polar surface area (TPSA) is 136 Å². The molecule has 2 heterocycles. The van der Waals surface area contributed by atoms with E-state index in [1.807, 2.05) is 22.6 Å². The SMILES string of the molecule is CNC(=O)c1c(-c2ccc(F)cc2)oc2nc(N(Cc3cccc(C(N)=O)c3)S(C)(=O)=O)c(I)cc12. The van der Waals surface area contributed by atoms with Gasteiger partial charge in [-0.1, -0.05) is 12.1 Å². The number of hydrogen-bond donors (Lipinski definition) is 2. The van der Waals surface area contributed by atoms with Gasteiger partial charge < -0.3 is 15.5 Å². The van der Waals surface area contributed by atoms with Gasteiger partial charge in [-0.25, -0.2) is 17.1 Å². The summed E-state index contributed by atoms with van der Waals surface area (Å²) >= 11 is 1.94. The van der Waals surface area contributed by atoms with Gasteiger partial charge in [0.05, 0.1) is 27.3 Å². The van der Waals surface area contributed by atoms with Gasteiger partial charge in [0.15, 0.2) is 5.82 Å². The first-order valence-corrected chi connectivity index (χ1v) is 13.4. The van der Waals surface area contributed by atoms with Crippen LogP contribution in [-0.4, -0.2) is 38.5 Å². The molecule has 2 aromatic heterocycles. The highest BCUT2D eigenvalue weighted by Gasteiger charge is 2.27. The molecule has 0 saturated heterocycles. The maximum atomic E-state index is 13.5. The molecule has 9 nitrogen and oxygen atoms in total. The second kappa shape index (κ2) is 9.85. The Morgan fingerprint density at radius 3 is 2.47 bits per heavy atom. The molecule has 186 valence electrons. The number of pyridine rings is 1. The first-order valence-electron chi connectivity index (χ1n) is 10.5. The molecular formula is C24H20FIN4O5S. The highest BCUT2D eigenvalue weighted by atomic mass is 127. The number of nitrogens with one attached hydrogen (secondary N) is 1. The van der Waals surface area contributed by atoms with E-state index in [1.165, 1.54) is 43.4 Å². The van der Waals surface area contributed by atoms with Crippen molar-refractivity contribution in [2.75, 3.05) is 17.6 Å². The Hall–Kier alpha value is -3.52. The minimum absolute atomic E-state index is 0.0304. The van der Waals surface area contributed by atoms with Crippen LogP contribution in [0, 0.1) is 9.39 Å². The molecule has 2 amide bonds. The predicted octanol–water partition coefficient (Wildman–Crippen LogP) is 3.66. The van der Waals surface area contributed by atoms with E-state index in [-0.39, 0.29) is 35.0 Å². The number of hydrogen-bond acceptors (Lipinski definition) is 6. The van der Waals surface area contributed by atoms with Gasteiger partial charge in [0, 0.05) is 18.2 Å². The summed E-state index contributed by atoms with van der Waals surface area (Å²) in [6.45, 7) is -0.123. The molecule has 4 aromatic rings. The van der Waals surface area contributed by atoms with Gasteiger partial charge in [0.2, 0.25) is 21.6 Å². The van der Waals surface area contributed by atoms with Gasteiger partial charge in [0.1, 0.15) is 11.6 Å². The van der Waals surface area contributed by atoms with Crippen LogP contribution < -0.4 is 15.4 Å². The Morgan fingerprint density at radius 2 is 1.86 bits per heavy atom. The van der Waals surface area contributed by atoms with Gasteiger partial charge in [-0.2, -0.15) is 4.98 Å². The van der Waals surface area contributed by atoms with Crippen LogP contribution in [0.15, 0.2) is 59.0 Å². The quantitative estimate of drug-likeness (QED) is 0.302. The number of nitrogens with two attached hydrogens (primary N) is 1. The van der Waals surface area contributed by atoms with Crippen molar-refractivity contribution >= 4 is 61.3 Å². The van der Waals surface area contributed by atoms with E-state index >= 15 is 0 Å². The standard InChI is InChI=1S/C24H20FIN4O5S/c1-28-23(32)19-17-11-18(26)22(29-24(17)35-20(19)14-6-8-16(25)9-7-14)30(36(2,33)34)12-13-4-3-5-15(10-13)21(27)31/h3-11H,12H2,1-2H3,(H2,27,31)(H,28,32). The number of nitrogens with zero attached hydrogens (tertiary/aromatic N) is 2. The summed E-state index contributed by atoms with van der Waals surface area (Å²) < 4.78 is 46.5. The summed E-state index contributed by atoms with van der Waals surface area (Å²) in [6, 6.07) is 13.3. The van der Waals surface area contributed by atoms with E-state index in [9.17, 15) is 22.4 Å². The maximum Gasteiger partial charge on any atom is 0.255 e. The molecule has 0 saturated carbocycles. The fourth-order valence-electron chi connectivity index (χ4n) is 3.66. The molecule has 2 aromatic carbocycles. The van der Waals surface area contributed by atoms with Crippen molar-refractivity contribution in [1.29, 1.82) is 0 Å². The molecular weight excluding hydrogens is 602 g/mol. The van der Waals surface area contributed by atoms with Crippen molar-refractivity contribution in [1.82, 2.24) is 10.3 Å². The lowest BCUT2D eigenvalue weighted by atomic mass is 10.1. The molecule has 0 unspecified atom stereocenters. The molecule has 0 fully saturated rings. The number of sulfonamides is 1. The summed E-state index contributed by atoms with van der Waals surface area (Å²) in [7, 11) is -2.37. The van der Waals surface area contributed by atoms with Crippen molar-refractivity contribution in [3.8, 4) is 11.3 Å². The van der Waals surface area contributed by atoms with Crippen LogP contribution >= 0.6 is 22.6 Å². The number of furan rings is 1. The van der Waals surface area contributed by atoms with Crippen LogP contribution in [0.4, 0.5) is 10.2 Å². The summed E-state index contributed by atoms with van der Waals surface area (Å²) in [5.74, 6) is -1.28. The molecule has 36 heavy (non-hydrogen) atoms. The van der Waals surface area contributed by atoms with Crippen molar-refractivity contribution in [3.05, 3.63) is 80.7 Å². The van der Waals surface area contributed by atoms with E-state index < -0.39 is 27.7 Å². The van der Waals surface area contributed by atoms with E-state index in [4.69, 9.17) is 10.2 Å². The zero-order valence-electron chi connectivity index (χ0n) is 19.1. The van der Waals surface area contributed by atoms with Crippen LogP contribution in [-0.2, 0) is 16.6 Å². The summed E-state index contributed by atoms with van der Waals surface area (Å²) in [5, 5.41) is 2.93. The van der Waals surface area contributed by atoms with Crippen LogP contribution in [0.25, 0.3) is 22.4 Å². The number of carbonyl (C=O) groups is 2. The first kappa shape index (κ1) is 25.6. The number of amides is 2. The molecule has 0 radical (unpaired) electrons. The Balaban J connectivity index is 1.89. The lowest BCUT2D eigenvalue weighted by Crippen LogP contribution is -2.31. The van der Waals surface area contributed by atoms with Crippen molar-refractivity contribution < 1.29 is 26.8 Å². The second-order valence-corrected chi connectivity index (χ2v) is 10.9. The van der Waals surface area contributed by atoms with Gasteiger partial charge in [-0.3, -0.25) is 9.59 Å². The Kier molecular flexibility index (Phi) is 7.00. The van der Waals surface area contributed by atoms with Gasteiger partial charge in [-0.05, 0) is 70.6 Å².